The van der Waals surface area contributed by atoms with Crippen molar-refractivity contribution in [3.05, 3.63) is 0 Å². The second kappa shape index (κ2) is 6.13. The maximum Gasteiger partial charge on any atom is 0.212 e. The van der Waals surface area contributed by atoms with E-state index >= 15 is 0 Å². The average Bonchev–Trinajstić information content (AvgIpc) is 2.29. The fourth-order valence-electron chi connectivity index (χ4n) is 2.20. The zero-order valence-corrected chi connectivity index (χ0v) is 11.2. The molecule has 1 aliphatic rings. The van der Waals surface area contributed by atoms with E-state index in [9.17, 15) is 8.42 Å². The van der Waals surface area contributed by atoms with Gasteiger partial charge in [0.1, 0.15) is 0 Å². The van der Waals surface area contributed by atoms with Crippen LogP contribution in [-0.4, -0.2) is 43.1 Å². The summed E-state index contributed by atoms with van der Waals surface area (Å²) in [5, 5.41) is 18.1. The molecule has 1 fully saturated rings. The van der Waals surface area contributed by atoms with Crippen LogP contribution in [0, 0.1) is 5.92 Å². The van der Waals surface area contributed by atoms with Crippen LogP contribution in [0.15, 0.2) is 0 Å². The lowest BCUT2D eigenvalue weighted by atomic mass is 9.91. The molecular formula is C11H23NO4S. The van der Waals surface area contributed by atoms with Crippen LogP contribution in [-0.2, 0) is 10.0 Å². The summed E-state index contributed by atoms with van der Waals surface area (Å²) in [6.45, 7) is 0.673. The molecule has 0 radical (unpaired) electrons. The normalized spacial score (nSPS) is 19.5. The van der Waals surface area contributed by atoms with Crippen molar-refractivity contribution in [3.63, 3.8) is 0 Å². The molecule has 0 aliphatic heterocycles. The molecule has 0 amide bonds. The highest BCUT2D eigenvalue weighted by atomic mass is 32.2. The Kier molecular flexibility index (Phi) is 5.37. The Hall–Kier alpha value is -0.170. The van der Waals surface area contributed by atoms with Crippen LogP contribution >= 0.6 is 0 Å². The largest absolute Gasteiger partial charge is 0.394 e. The maximum absolute atomic E-state index is 11.9. The highest BCUT2D eigenvalue weighted by Crippen LogP contribution is 2.25. The van der Waals surface area contributed by atoms with Gasteiger partial charge in [0.25, 0.3) is 0 Å². The van der Waals surface area contributed by atoms with Gasteiger partial charge in [-0.3, -0.25) is 0 Å². The van der Waals surface area contributed by atoms with E-state index in [-0.39, 0.29) is 11.7 Å². The molecule has 0 spiro atoms. The van der Waals surface area contributed by atoms with Crippen molar-refractivity contribution in [2.24, 2.45) is 5.92 Å². The quantitative estimate of drug-likeness (QED) is 0.641. The van der Waals surface area contributed by atoms with Gasteiger partial charge < -0.3 is 10.2 Å². The van der Waals surface area contributed by atoms with Gasteiger partial charge in [0, 0.05) is 0 Å². The Morgan fingerprint density at radius 1 is 1.18 bits per heavy atom. The molecule has 0 aromatic carbocycles. The molecule has 0 aromatic heterocycles. The van der Waals surface area contributed by atoms with E-state index < -0.39 is 28.8 Å². The summed E-state index contributed by atoms with van der Waals surface area (Å²) in [4.78, 5) is 0. The molecule has 1 aliphatic carbocycles. The topological polar surface area (TPSA) is 86.6 Å². The molecule has 0 atom stereocenters. The molecule has 17 heavy (non-hydrogen) atoms. The summed E-state index contributed by atoms with van der Waals surface area (Å²) in [5.41, 5.74) is -1.16. The zero-order chi connectivity index (χ0) is 12.9. The first-order valence-corrected chi connectivity index (χ1v) is 7.79. The molecule has 0 bridgehead atoms. The second-order valence-corrected chi connectivity index (χ2v) is 7.03. The highest BCUT2D eigenvalue weighted by molar-refractivity contribution is 7.89. The summed E-state index contributed by atoms with van der Waals surface area (Å²) in [7, 11) is -3.43. The van der Waals surface area contributed by atoms with E-state index in [1.165, 1.54) is 13.3 Å². The van der Waals surface area contributed by atoms with Crippen molar-refractivity contribution < 1.29 is 18.6 Å². The van der Waals surface area contributed by atoms with Crippen molar-refractivity contribution in [2.45, 2.75) is 44.6 Å². The number of aliphatic hydroxyl groups excluding tert-OH is 2. The van der Waals surface area contributed by atoms with Gasteiger partial charge in [0.05, 0.1) is 24.5 Å². The molecule has 0 heterocycles. The van der Waals surface area contributed by atoms with Crippen LogP contribution in [0.2, 0.25) is 0 Å². The number of aliphatic hydroxyl groups is 2. The van der Waals surface area contributed by atoms with Crippen molar-refractivity contribution in [2.75, 3.05) is 19.0 Å². The van der Waals surface area contributed by atoms with Crippen LogP contribution in [0.4, 0.5) is 0 Å². The number of hydrogen-bond donors (Lipinski definition) is 3. The molecule has 1 rings (SSSR count). The first-order valence-electron chi connectivity index (χ1n) is 6.14. The summed E-state index contributed by atoms with van der Waals surface area (Å²) >= 11 is 0. The minimum absolute atomic E-state index is 0.0998. The first-order chi connectivity index (χ1) is 7.91. The number of nitrogens with one attached hydrogen (secondary N) is 1. The lowest BCUT2D eigenvalue weighted by Crippen LogP contribution is -2.52. The second-order valence-electron chi connectivity index (χ2n) is 5.26. The molecule has 102 valence electrons. The summed E-state index contributed by atoms with van der Waals surface area (Å²) in [6, 6.07) is 0. The third kappa shape index (κ3) is 4.91. The van der Waals surface area contributed by atoms with Gasteiger partial charge >= 0.3 is 0 Å². The summed E-state index contributed by atoms with van der Waals surface area (Å²) in [6.07, 6.45) is 5.29. The minimum atomic E-state index is -3.43. The maximum atomic E-state index is 11.9. The van der Waals surface area contributed by atoms with E-state index in [2.05, 4.69) is 4.72 Å². The summed E-state index contributed by atoms with van der Waals surface area (Å²) < 4.78 is 26.2. The van der Waals surface area contributed by atoms with Gasteiger partial charge in [0.2, 0.25) is 10.0 Å². The Morgan fingerprint density at radius 3 is 2.18 bits per heavy atom. The molecule has 5 nitrogen and oxygen atoms in total. The monoisotopic (exact) mass is 265 g/mol. The lowest BCUT2D eigenvalue weighted by molar-refractivity contribution is 0.121. The smallest absolute Gasteiger partial charge is 0.212 e. The van der Waals surface area contributed by atoms with Crippen LogP contribution < -0.4 is 4.72 Å². The molecule has 6 heteroatoms. The SMILES string of the molecule is CC(CO)(CO)NS(=O)(=O)CC1CCCCC1. The zero-order valence-electron chi connectivity index (χ0n) is 10.4. The predicted octanol–water partition coefficient (Wildman–Crippen LogP) is 0.229. The van der Waals surface area contributed by atoms with Crippen molar-refractivity contribution >= 4 is 10.0 Å². The lowest BCUT2D eigenvalue weighted by Gasteiger charge is -2.28. The van der Waals surface area contributed by atoms with E-state index in [1.54, 1.807) is 0 Å². The van der Waals surface area contributed by atoms with Gasteiger partial charge in [0.15, 0.2) is 0 Å². The molecule has 1 saturated carbocycles. The highest BCUT2D eigenvalue weighted by Gasteiger charge is 2.30. The Bertz CT molecular complexity index is 318. The van der Waals surface area contributed by atoms with Gasteiger partial charge in [-0.25, -0.2) is 13.1 Å². The number of sulfonamides is 1. The molecule has 0 unspecified atom stereocenters. The van der Waals surface area contributed by atoms with Crippen LogP contribution in [0.5, 0.6) is 0 Å². The van der Waals surface area contributed by atoms with E-state index in [0.717, 1.165) is 25.7 Å². The number of rotatable bonds is 6. The van der Waals surface area contributed by atoms with Crippen LogP contribution in [0.1, 0.15) is 39.0 Å². The summed E-state index contributed by atoms with van der Waals surface area (Å²) in [5.74, 6) is 0.311. The van der Waals surface area contributed by atoms with E-state index in [4.69, 9.17) is 10.2 Å². The Morgan fingerprint density at radius 2 is 1.71 bits per heavy atom. The van der Waals surface area contributed by atoms with E-state index in [1.807, 2.05) is 0 Å². The molecule has 3 N–H and O–H groups in total. The third-order valence-corrected chi connectivity index (χ3v) is 4.99. The Labute approximate surface area is 103 Å². The van der Waals surface area contributed by atoms with E-state index in [0.29, 0.717) is 0 Å². The minimum Gasteiger partial charge on any atom is -0.394 e. The van der Waals surface area contributed by atoms with Crippen molar-refractivity contribution in [1.82, 2.24) is 4.72 Å². The first kappa shape index (κ1) is 14.9. The van der Waals surface area contributed by atoms with Crippen LogP contribution in [0.3, 0.4) is 0 Å². The van der Waals surface area contributed by atoms with Crippen molar-refractivity contribution in [3.8, 4) is 0 Å². The third-order valence-electron chi connectivity index (χ3n) is 3.28. The average molecular weight is 265 g/mol. The Balaban J connectivity index is 2.55. The van der Waals surface area contributed by atoms with Gasteiger partial charge in [-0.05, 0) is 25.7 Å². The fourth-order valence-corrected chi connectivity index (χ4v) is 4.11. The standard InChI is InChI=1S/C11H23NO4S/c1-11(8-13,9-14)12-17(15,16)7-10-5-3-2-4-6-10/h10,12-14H,2-9H2,1H3. The van der Waals surface area contributed by atoms with Gasteiger partial charge in [-0.2, -0.15) is 0 Å². The fraction of sp³-hybridized carbons (Fsp3) is 1.00. The van der Waals surface area contributed by atoms with Gasteiger partial charge in [-0.15, -0.1) is 0 Å². The predicted molar refractivity (Wildman–Crippen MR) is 66.1 cm³/mol. The van der Waals surface area contributed by atoms with Crippen molar-refractivity contribution in [1.29, 1.82) is 0 Å². The molecular weight excluding hydrogens is 242 g/mol. The number of hydrogen-bond acceptors (Lipinski definition) is 4. The van der Waals surface area contributed by atoms with Crippen LogP contribution in [0.25, 0.3) is 0 Å². The van der Waals surface area contributed by atoms with Gasteiger partial charge in [-0.1, -0.05) is 19.3 Å². The molecule has 0 aromatic rings. The molecule has 0 saturated heterocycles.